The van der Waals surface area contributed by atoms with E-state index < -0.39 is 18.5 Å². The Balaban J connectivity index is 3.69. The zero-order valence-electron chi connectivity index (χ0n) is 4.07. The summed E-state index contributed by atoms with van der Waals surface area (Å²) in [5.41, 5.74) is 0. The summed E-state index contributed by atoms with van der Waals surface area (Å²) in [5.74, 6) is -2.54. The van der Waals surface area contributed by atoms with E-state index in [2.05, 4.69) is 0 Å². The molecular formula is C4H6O4. The zero-order valence-corrected chi connectivity index (χ0v) is 4.07. The maximum atomic E-state index is 9.77. The predicted octanol–water partition coefficient (Wildman–Crippen LogP) is -1.12. The van der Waals surface area contributed by atoms with Gasteiger partial charge in [-0.3, -0.25) is 4.79 Å². The lowest BCUT2D eigenvalue weighted by atomic mass is 10.2. The van der Waals surface area contributed by atoms with Gasteiger partial charge in [-0.2, -0.15) is 0 Å². The van der Waals surface area contributed by atoms with Crippen LogP contribution in [0.1, 0.15) is 0 Å². The molecule has 4 heteroatoms. The number of aldehydes is 1. The number of carbonyl (C=O) groups excluding carboxylic acids is 1. The van der Waals surface area contributed by atoms with Crippen molar-refractivity contribution in [1.29, 1.82) is 0 Å². The first-order chi connectivity index (χ1) is 3.72. The van der Waals surface area contributed by atoms with Gasteiger partial charge in [-0.25, -0.2) is 0 Å². The Morgan fingerprint density at radius 1 is 1.75 bits per heavy atom. The number of rotatable bonds is 3. The molecule has 0 fully saturated rings. The van der Waals surface area contributed by atoms with Crippen molar-refractivity contribution in [2.45, 2.75) is 0 Å². The number of aliphatic hydroxyl groups excluding tert-OH is 1. The standard InChI is InChI=1S/C4H6O4/c5-1-3(2-6)4(7)8/h1,3,6H,2H2,(H,7,8). The number of hydrogen-bond acceptors (Lipinski definition) is 3. The second-order valence-electron chi connectivity index (χ2n) is 1.26. The molecular weight excluding hydrogens is 112 g/mol. The van der Waals surface area contributed by atoms with Crippen molar-refractivity contribution < 1.29 is 19.8 Å². The fraction of sp³-hybridized carbons (Fsp3) is 0.500. The fourth-order valence-corrected chi connectivity index (χ4v) is 0.179. The van der Waals surface area contributed by atoms with Gasteiger partial charge in [0.1, 0.15) is 12.2 Å². The lowest BCUT2D eigenvalue weighted by Gasteiger charge is -1.94. The van der Waals surface area contributed by atoms with Crippen LogP contribution in [0, 0.1) is 5.92 Å². The molecule has 2 N–H and O–H groups in total. The molecule has 0 aliphatic rings. The number of aliphatic hydroxyl groups is 1. The Kier molecular flexibility index (Phi) is 2.79. The highest BCUT2D eigenvalue weighted by Gasteiger charge is 2.13. The first-order valence-corrected chi connectivity index (χ1v) is 2.01. The Morgan fingerprint density at radius 3 is 2.25 bits per heavy atom. The average Bonchev–Trinajstić information content (AvgIpc) is 1.69. The highest BCUT2D eigenvalue weighted by molar-refractivity contribution is 5.86. The fourth-order valence-electron chi connectivity index (χ4n) is 0.179. The second kappa shape index (κ2) is 3.15. The molecule has 0 aliphatic heterocycles. The van der Waals surface area contributed by atoms with Crippen LogP contribution < -0.4 is 0 Å². The minimum atomic E-state index is -1.29. The van der Waals surface area contributed by atoms with Gasteiger partial charge in [-0.05, 0) is 0 Å². The molecule has 0 spiro atoms. The van der Waals surface area contributed by atoms with Gasteiger partial charge in [-0.1, -0.05) is 0 Å². The topological polar surface area (TPSA) is 74.6 Å². The highest BCUT2D eigenvalue weighted by atomic mass is 16.4. The second-order valence-corrected chi connectivity index (χ2v) is 1.26. The predicted molar refractivity (Wildman–Crippen MR) is 24.3 cm³/mol. The maximum Gasteiger partial charge on any atom is 0.316 e. The van der Waals surface area contributed by atoms with E-state index in [0.717, 1.165) is 0 Å². The van der Waals surface area contributed by atoms with E-state index in [4.69, 9.17) is 10.2 Å². The molecule has 0 radical (unpaired) electrons. The van der Waals surface area contributed by atoms with E-state index in [1.165, 1.54) is 0 Å². The van der Waals surface area contributed by atoms with Crippen molar-refractivity contribution in [2.24, 2.45) is 5.92 Å². The van der Waals surface area contributed by atoms with Gasteiger partial charge in [-0.15, -0.1) is 0 Å². The van der Waals surface area contributed by atoms with Crippen molar-refractivity contribution >= 4 is 12.3 Å². The average molecular weight is 118 g/mol. The van der Waals surface area contributed by atoms with E-state index in [1.807, 2.05) is 0 Å². The number of carboxylic acids is 1. The summed E-state index contributed by atoms with van der Waals surface area (Å²) in [6.07, 6.45) is 0.197. The third-order valence-electron chi connectivity index (χ3n) is 0.678. The van der Waals surface area contributed by atoms with Crippen molar-refractivity contribution in [2.75, 3.05) is 6.61 Å². The molecule has 0 saturated heterocycles. The van der Waals surface area contributed by atoms with Crippen LogP contribution in [0.5, 0.6) is 0 Å². The van der Waals surface area contributed by atoms with Crippen LogP contribution in [-0.2, 0) is 9.59 Å². The molecule has 0 saturated carbocycles. The largest absolute Gasteiger partial charge is 0.481 e. The van der Waals surface area contributed by atoms with E-state index in [-0.39, 0.29) is 6.29 Å². The lowest BCUT2D eigenvalue weighted by molar-refractivity contribution is -0.144. The zero-order chi connectivity index (χ0) is 6.57. The smallest absolute Gasteiger partial charge is 0.316 e. The van der Waals surface area contributed by atoms with Crippen molar-refractivity contribution in [3.8, 4) is 0 Å². The van der Waals surface area contributed by atoms with E-state index in [0.29, 0.717) is 0 Å². The number of aliphatic carboxylic acids is 1. The first kappa shape index (κ1) is 7.10. The Hall–Kier alpha value is -0.900. The molecule has 0 aliphatic carbocycles. The summed E-state index contributed by atoms with van der Waals surface area (Å²) in [7, 11) is 0. The molecule has 0 aromatic rings. The van der Waals surface area contributed by atoms with Gasteiger partial charge in [0, 0.05) is 0 Å². The highest BCUT2D eigenvalue weighted by Crippen LogP contribution is 1.86. The molecule has 0 bridgehead atoms. The summed E-state index contributed by atoms with van der Waals surface area (Å²) in [4.78, 5) is 19.4. The SMILES string of the molecule is O=CC(CO)C(=O)O. The maximum absolute atomic E-state index is 9.77. The van der Waals surface area contributed by atoms with Gasteiger partial charge >= 0.3 is 5.97 Å². The van der Waals surface area contributed by atoms with E-state index >= 15 is 0 Å². The van der Waals surface area contributed by atoms with Crippen LogP contribution in [0.2, 0.25) is 0 Å². The third kappa shape index (κ3) is 1.70. The molecule has 1 atom stereocenters. The number of carbonyl (C=O) groups is 2. The minimum Gasteiger partial charge on any atom is -0.481 e. The normalized spacial score (nSPS) is 12.6. The van der Waals surface area contributed by atoms with Crippen LogP contribution in [-0.4, -0.2) is 29.1 Å². The van der Waals surface area contributed by atoms with Crippen LogP contribution in [0.25, 0.3) is 0 Å². The summed E-state index contributed by atoms with van der Waals surface area (Å²) in [6, 6.07) is 0. The van der Waals surface area contributed by atoms with Crippen LogP contribution in [0.4, 0.5) is 0 Å². The number of hydrogen-bond donors (Lipinski definition) is 2. The van der Waals surface area contributed by atoms with E-state index in [1.54, 1.807) is 0 Å². The Morgan fingerprint density at radius 2 is 2.25 bits per heavy atom. The van der Waals surface area contributed by atoms with Crippen molar-refractivity contribution in [1.82, 2.24) is 0 Å². The van der Waals surface area contributed by atoms with Crippen molar-refractivity contribution in [3.05, 3.63) is 0 Å². The van der Waals surface area contributed by atoms with Crippen molar-refractivity contribution in [3.63, 3.8) is 0 Å². The Labute approximate surface area is 45.7 Å². The van der Waals surface area contributed by atoms with Gasteiger partial charge in [0.25, 0.3) is 0 Å². The van der Waals surface area contributed by atoms with Crippen LogP contribution in [0.3, 0.4) is 0 Å². The summed E-state index contributed by atoms with van der Waals surface area (Å²) in [6.45, 7) is -0.626. The quantitative estimate of drug-likeness (QED) is 0.363. The van der Waals surface area contributed by atoms with Gasteiger partial charge < -0.3 is 15.0 Å². The molecule has 0 amide bonds. The summed E-state index contributed by atoms with van der Waals surface area (Å²) >= 11 is 0. The van der Waals surface area contributed by atoms with Gasteiger partial charge in [0.15, 0.2) is 0 Å². The molecule has 1 unspecified atom stereocenters. The molecule has 0 aromatic carbocycles. The monoisotopic (exact) mass is 118 g/mol. The number of carboxylic acid groups (broad SMARTS) is 1. The van der Waals surface area contributed by atoms with Crippen LogP contribution in [0.15, 0.2) is 0 Å². The summed E-state index contributed by atoms with van der Waals surface area (Å²) in [5, 5.41) is 16.1. The molecule has 4 nitrogen and oxygen atoms in total. The molecule has 0 aromatic heterocycles. The molecule has 46 valence electrons. The van der Waals surface area contributed by atoms with E-state index in [9.17, 15) is 9.59 Å². The molecule has 0 heterocycles. The Bertz CT molecular complexity index is 98.2. The first-order valence-electron chi connectivity index (χ1n) is 2.01. The van der Waals surface area contributed by atoms with Gasteiger partial charge in [0.2, 0.25) is 0 Å². The minimum absolute atomic E-state index is 0.197. The van der Waals surface area contributed by atoms with Gasteiger partial charge in [0.05, 0.1) is 6.61 Å². The van der Waals surface area contributed by atoms with Crippen LogP contribution >= 0.6 is 0 Å². The lowest BCUT2D eigenvalue weighted by Crippen LogP contribution is -2.18. The molecule has 8 heavy (non-hydrogen) atoms. The third-order valence-corrected chi connectivity index (χ3v) is 0.678. The molecule has 0 rings (SSSR count). The summed E-state index contributed by atoms with van der Waals surface area (Å²) < 4.78 is 0.